The van der Waals surface area contributed by atoms with E-state index in [0.29, 0.717) is 0 Å². The molecule has 1 saturated heterocycles. The van der Waals surface area contributed by atoms with Gasteiger partial charge in [0.15, 0.2) is 0 Å². The predicted molar refractivity (Wildman–Crippen MR) is 32.3 cm³/mol. The minimum atomic E-state index is 0.896. The van der Waals surface area contributed by atoms with Crippen molar-refractivity contribution in [3.05, 3.63) is 12.0 Å². The molecule has 2 nitrogen and oxygen atoms in total. The van der Waals surface area contributed by atoms with Crippen molar-refractivity contribution in [1.82, 2.24) is 5.32 Å². The van der Waals surface area contributed by atoms with E-state index in [1.807, 2.05) is 13.2 Å². The fraction of sp³-hybridized carbons (Fsp3) is 0.667. The highest BCUT2D eigenvalue weighted by molar-refractivity contribution is 4.93. The first kappa shape index (κ1) is 5.48. The third-order valence-corrected chi connectivity index (χ3v) is 1.16. The van der Waals surface area contributed by atoms with Crippen molar-refractivity contribution in [3.8, 4) is 0 Å². The maximum Gasteiger partial charge on any atom is 0.112 e. The second-order valence-corrected chi connectivity index (χ2v) is 1.85. The number of ether oxygens (including phenoxy) is 1. The number of nitrogens with one attached hydrogen (secondary N) is 1. The van der Waals surface area contributed by atoms with Gasteiger partial charge in [-0.05, 0) is 6.42 Å². The second kappa shape index (κ2) is 2.60. The van der Waals surface area contributed by atoms with Crippen LogP contribution in [-0.2, 0) is 4.74 Å². The summed E-state index contributed by atoms with van der Waals surface area (Å²) in [5, 5.41) is 2.92. The number of hydrogen-bond acceptors (Lipinski definition) is 2. The first-order chi connectivity index (χ1) is 3.93. The van der Waals surface area contributed by atoms with Crippen molar-refractivity contribution in [1.29, 1.82) is 0 Å². The van der Waals surface area contributed by atoms with Crippen LogP contribution in [-0.4, -0.2) is 13.7 Å². The van der Waals surface area contributed by atoms with E-state index in [-0.39, 0.29) is 0 Å². The molecule has 0 saturated carbocycles. The SMILES string of the molecule is CN/C=C1\CCCO1. The highest BCUT2D eigenvalue weighted by Crippen LogP contribution is 2.13. The lowest BCUT2D eigenvalue weighted by Gasteiger charge is -1.94. The molecule has 0 bridgehead atoms. The van der Waals surface area contributed by atoms with Gasteiger partial charge in [0.1, 0.15) is 5.76 Å². The van der Waals surface area contributed by atoms with Gasteiger partial charge in [0.25, 0.3) is 0 Å². The zero-order chi connectivity index (χ0) is 5.82. The van der Waals surface area contributed by atoms with Gasteiger partial charge in [-0.1, -0.05) is 0 Å². The van der Waals surface area contributed by atoms with E-state index < -0.39 is 0 Å². The molecule has 1 N–H and O–H groups in total. The van der Waals surface area contributed by atoms with Gasteiger partial charge >= 0.3 is 0 Å². The summed E-state index contributed by atoms with van der Waals surface area (Å²) in [6.07, 6.45) is 4.18. The van der Waals surface area contributed by atoms with Crippen LogP contribution in [0.5, 0.6) is 0 Å². The Morgan fingerprint density at radius 2 is 2.62 bits per heavy atom. The summed E-state index contributed by atoms with van der Waals surface area (Å²) in [7, 11) is 1.88. The van der Waals surface area contributed by atoms with Crippen LogP contribution in [0.15, 0.2) is 12.0 Å². The van der Waals surface area contributed by atoms with Gasteiger partial charge in [-0.2, -0.15) is 0 Å². The van der Waals surface area contributed by atoms with Crippen molar-refractivity contribution in [2.75, 3.05) is 13.7 Å². The maximum atomic E-state index is 5.19. The lowest BCUT2D eigenvalue weighted by molar-refractivity contribution is 0.261. The average Bonchev–Trinajstić information content (AvgIpc) is 2.19. The Morgan fingerprint density at radius 3 is 3.12 bits per heavy atom. The molecule has 0 amide bonds. The summed E-state index contributed by atoms with van der Waals surface area (Å²) >= 11 is 0. The molecule has 1 rings (SSSR count). The summed E-state index contributed by atoms with van der Waals surface area (Å²) in [6.45, 7) is 0.896. The monoisotopic (exact) mass is 113 g/mol. The molecule has 1 heterocycles. The van der Waals surface area contributed by atoms with E-state index in [1.54, 1.807) is 0 Å². The number of allylic oxidation sites excluding steroid dienone is 1. The lowest BCUT2D eigenvalue weighted by Crippen LogP contribution is -1.94. The van der Waals surface area contributed by atoms with Crippen molar-refractivity contribution in [2.45, 2.75) is 12.8 Å². The summed E-state index contributed by atoms with van der Waals surface area (Å²) in [6, 6.07) is 0. The van der Waals surface area contributed by atoms with E-state index in [0.717, 1.165) is 18.8 Å². The summed E-state index contributed by atoms with van der Waals surface area (Å²) < 4.78 is 5.19. The third-order valence-electron chi connectivity index (χ3n) is 1.16. The number of rotatable bonds is 1. The van der Waals surface area contributed by atoms with Crippen molar-refractivity contribution >= 4 is 0 Å². The van der Waals surface area contributed by atoms with E-state index in [2.05, 4.69) is 5.32 Å². The molecule has 0 aromatic heterocycles. The van der Waals surface area contributed by atoms with E-state index in [9.17, 15) is 0 Å². The molecule has 1 fully saturated rings. The standard InChI is InChI=1S/C6H11NO/c1-7-5-6-3-2-4-8-6/h5,7H,2-4H2,1H3/b6-5+. The van der Waals surface area contributed by atoms with Crippen LogP contribution in [0.4, 0.5) is 0 Å². The first-order valence-corrected chi connectivity index (χ1v) is 2.92. The minimum absolute atomic E-state index is 0.896. The number of hydrogen-bond donors (Lipinski definition) is 1. The summed E-state index contributed by atoms with van der Waals surface area (Å²) in [5.74, 6) is 1.09. The molecule has 0 radical (unpaired) electrons. The van der Waals surface area contributed by atoms with Crippen LogP contribution in [0, 0.1) is 0 Å². The fourth-order valence-corrected chi connectivity index (χ4v) is 0.797. The Bertz CT molecular complexity index is 90.7. The molecule has 0 spiro atoms. The average molecular weight is 113 g/mol. The molecule has 1 aliphatic rings. The highest BCUT2D eigenvalue weighted by Gasteiger charge is 2.04. The molecule has 2 heteroatoms. The van der Waals surface area contributed by atoms with Crippen molar-refractivity contribution in [2.24, 2.45) is 0 Å². The quantitative estimate of drug-likeness (QED) is 0.544. The predicted octanol–water partition coefficient (Wildman–Crippen LogP) is 0.858. The Hall–Kier alpha value is -0.660. The van der Waals surface area contributed by atoms with Crippen LogP contribution in [0.25, 0.3) is 0 Å². The smallest absolute Gasteiger partial charge is 0.112 e. The second-order valence-electron chi connectivity index (χ2n) is 1.85. The fourth-order valence-electron chi connectivity index (χ4n) is 0.797. The Balaban J connectivity index is 2.33. The van der Waals surface area contributed by atoms with Crippen LogP contribution >= 0.6 is 0 Å². The molecule has 0 unspecified atom stereocenters. The van der Waals surface area contributed by atoms with Crippen LogP contribution < -0.4 is 5.32 Å². The summed E-state index contributed by atoms with van der Waals surface area (Å²) in [4.78, 5) is 0. The lowest BCUT2D eigenvalue weighted by atomic mass is 10.3. The van der Waals surface area contributed by atoms with Gasteiger partial charge in [-0.3, -0.25) is 0 Å². The Labute approximate surface area is 49.5 Å². The highest BCUT2D eigenvalue weighted by atomic mass is 16.5. The molecular formula is C6H11NO. The third kappa shape index (κ3) is 1.15. The van der Waals surface area contributed by atoms with Crippen molar-refractivity contribution in [3.63, 3.8) is 0 Å². The van der Waals surface area contributed by atoms with E-state index in [1.165, 1.54) is 6.42 Å². The van der Waals surface area contributed by atoms with Crippen LogP contribution in [0.2, 0.25) is 0 Å². The zero-order valence-electron chi connectivity index (χ0n) is 5.11. The molecule has 0 atom stereocenters. The summed E-state index contributed by atoms with van der Waals surface area (Å²) in [5.41, 5.74) is 0. The van der Waals surface area contributed by atoms with Gasteiger partial charge in [-0.15, -0.1) is 0 Å². The maximum absolute atomic E-state index is 5.19. The van der Waals surface area contributed by atoms with Crippen LogP contribution in [0.1, 0.15) is 12.8 Å². The molecule has 1 aliphatic heterocycles. The van der Waals surface area contributed by atoms with E-state index in [4.69, 9.17) is 4.74 Å². The Morgan fingerprint density at radius 1 is 1.75 bits per heavy atom. The molecule has 0 aliphatic carbocycles. The van der Waals surface area contributed by atoms with Gasteiger partial charge in [0.05, 0.1) is 6.61 Å². The van der Waals surface area contributed by atoms with E-state index >= 15 is 0 Å². The van der Waals surface area contributed by atoms with Gasteiger partial charge in [-0.25, -0.2) is 0 Å². The normalized spacial score (nSPS) is 23.4. The minimum Gasteiger partial charge on any atom is -0.496 e. The van der Waals surface area contributed by atoms with Crippen molar-refractivity contribution < 1.29 is 4.74 Å². The first-order valence-electron chi connectivity index (χ1n) is 2.92. The molecular weight excluding hydrogens is 102 g/mol. The van der Waals surface area contributed by atoms with Gasteiger partial charge < -0.3 is 10.1 Å². The molecule has 8 heavy (non-hydrogen) atoms. The van der Waals surface area contributed by atoms with Gasteiger partial charge in [0, 0.05) is 19.7 Å². The van der Waals surface area contributed by atoms with Crippen LogP contribution in [0.3, 0.4) is 0 Å². The molecule has 0 aromatic rings. The largest absolute Gasteiger partial charge is 0.496 e. The zero-order valence-corrected chi connectivity index (χ0v) is 5.11. The molecule has 0 aromatic carbocycles. The Kier molecular flexibility index (Phi) is 1.78. The topological polar surface area (TPSA) is 21.3 Å². The van der Waals surface area contributed by atoms with Gasteiger partial charge in [0.2, 0.25) is 0 Å². The molecule has 46 valence electrons.